The minimum Gasteiger partial charge on any atom is -0.493 e. The second-order valence-corrected chi connectivity index (χ2v) is 5.37. The Bertz CT molecular complexity index is 918. The van der Waals surface area contributed by atoms with Crippen LogP contribution in [0.5, 0.6) is 17.2 Å². The summed E-state index contributed by atoms with van der Waals surface area (Å²) in [5.41, 5.74) is 1.53. The Hall–Kier alpha value is -3.61. The summed E-state index contributed by atoms with van der Waals surface area (Å²) in [5, 5.41) is 7.44. The van der Waals surface area contributed by atoms with Gasteiger partial charge in [-0.15, -0.1) is 10.2 Å². The molecule has 0 atom stereocenters. The summed E-state index contributed by atoms with van der Waals surface area (Å²) in [4.78, 5) is 12.0. The molecule has 0 aliphatic carbocycles. The number of aromatic nitrogens is 2. The lowest BCUT2D eigenvalue weighted by atomic mass is 10.2. The lowest BCUT2D eigenvalue weighted by Gasteiger charge is -2.09. The van der Waals surface area contributed by atoms with Crippen LogP contribution in [0.25, 0.3) is 17.5 Å². The highest BCUT2D eigenvalue weighted by Gasteiger charge is 2.06. The second-order valence-electron chi connectivity index (χ2n) is 5.37. The Balaban J connectivity index is 1.63. The largest absolute Gasteiger partial charge is 0.493 e. The summed E-state index contributed by atoms with van der Waals surface area (Å²) in [7, 11) is 1.57. The predicted molar refractivity (Wildman–Crippen MR) is 98.6 cm³/mol. The van der Waals surface area contributed by atoms with E-state index in [4.69, 9.17) is 18.6 Å². The number of esters is 1. The average Bonchev–Trinajstić information content (AvgIpc) is 3.23. The van der Waals surface area contributed by atoms with Gasteiger partial charge in [-0.3, -0.25) is 0 Å². The number of carbonyl (C=O) groups excluding carboxylic acids is 1. The first-order valence-electron chi connectivity index (χ1n) is 8.27. The number of methoxy groups -OCH3 is 1. The number of hydrogen-bond acceptors (Lipinski definition) is 7. The van der Waals surface area contributed by atoms with E-state index in [1.165, 1.54) is 12.5 Å². The van der Waals surface area contributed by atoms with E-state index in [9.17, 15) is 4.79 Å². The third kappa shape index (κ3) is 4.72. The van der Waals surface area contributed by atoms with E-state index < -0.39 is 5.97 Å². The van der Waals surface area contributed by atoms with Crippen molar-refractivity contribution in [1.29, 1.82) is 0 Å². The maximum absolute atomic E-state index is 12.0. The number of nitrogens with zero attached hydrogens (tertiary/aromatic N) is 2. The van der Waals surface area contributed by atoms with E-state index in [1.807, 2.05) is 13.0 Å². The molecule has 3 rings (SSSR count). The summed E-state index contributed by atoms with van der Waals surface area (Å²) in [6, 6.07) is 12.2. The van der Waals surface area contributed by atoms with Crippen molar-refractivity contribution < 1.29 is 23.4 Å². The maximum Gasteiger partial charge on any atom is 0.336 e. The van der Waals surface area contributed by atoms with Gasteiger partial charge >= 0.3 is 5.97 Å². The van der Waals surface area contributed by atoms with Gasteiger partial charge in [0.2, 0.25) is 12.3 Å². The quantitative estimate of drug-likeness (QED) is 0.357. The van der Waals surface area contributed by atoms with E-state index in [2.05, 4.69) is 10.2 Å². The molecule has 2 aromatic carbocycles. The van der Waals surface area contributed by atoms with Crippen LogP contribution in [0, 0.1) is 0 Å². The smallest absolute Gasteiger partial charge is 0.336 e. The zero-order valence-corrected chi connectivity index (χ0v) is 14.9. The molecule has 0 N–H and O–H groups in total. The van der Waals surface area contributed by atoms with Crippen LogP contribution in [0.15, 0.2) is 59.4 Å². The molecule has 0 aliphatic heterocycles. The Morgan fingerprint density at radius 1 is 1.15 bits per heavy atom. The molecular formula is C20H18N2O5. The monoisotopic (exact) mass is 366 g/mol. The third-order valence-electron chi connectivity index (χ3n) is 3.58. The fourth-order valence-corrected chi connectivity index (χ4v) is 2.34. The molecule has 3 aromatic rings. The van der Waals surface area contributed by atoms with Crippen LogP contribution in [0.2, 0.25) is 0 Å². The molecule has 0 radical (unpaired) electrons. The molecule has 7 heteroatoms. The molecular weight excluding hydrogens is 348 g/mol. The van der Waals surface area contributed by atoms with Crippen molar-refractivity contribution in [2.45, 2.75) is 6.92 Å². The predicted octanol–water partition coefficient (Wildman–Crippen LogP) is 3.76. The lowest BCUT2D eigenvalue weighted by Crippen LogP contribution is -2.03. The van der Waals surface area contributed by atoms with Crippen LogP contribution >= 0.6 is 0 Å². The summed E-state index contributed by atoms with van der Waals surface area (Å²) in [6.45, 7) is 2.45. The van der Waals surface area contributed by atoms with Crippen LogP contribution in [0.1, 0.15) is 12.5 Å². The van der Waals surface area contributed by atoms with Crippen LogP contribution in [0.4, 0.5) is 0 Å². The minimum atomic E-state index is -0.492. The molecule has 0 amide bonds. The highest BCUT2D eigenvalue weighted by Crippen LogP contribution is 2.28. The third-order valence-corrected chi connectivity index (χ3v) is 3.58. The van der Waals surface area contributed by atoms with Gasteiger partial charge in [-0.2, -0.15) is 0 Å². The molecule has 27 heavy (non-hydrogen) atoms. The standard InChI is InChI=1S/C20H18N2O5/c1-3-25-17-10-4-14(12-18(17)24-2)5-11-19(23)27-16-8-6-15(7-9-16)20-22-21-13-26-20/h4-13H,3H2,1-2H3. The van der Waals surface area contributed by atoms with Gasteiger partial charge in [0.15, 0.2) is 11.5 Å². The zero-order valence-electron chi connectivity index (χ0n) is 14.9. The molecule has 1 aromatic heterocycles. The van der Waals surface area contributed by atoms with Gasteiger partial charge in [-0.25, -0.2) is 4.79 Å². The van der Waals surface area contributed by atoms with Gasteiger partial charge in [0, 0.05) is 11.6 Å². The molecule has 0 saturated heterocycles. The van der Waals surface area contributed by atoms with Crippen LogP contribution in [-0.4, -0.2) is 29.9 Å². The Morgan fingerprint density at radius 3 is 2.63 bits per heavy atom. The van der Waals surface area contributed by atoms with E-state index in [-0.39, 0.29) is 0 Å². The van der Waals surface area contributed by atoms with Crippen molar-refractivity contribution in [2.75, 3.05) is 13.7 Å². The Morgan fingerprint density at radius 2 is 1.96 bits per heavy atom. The highest BCUT2D eigenvalue weighted by atomic mass is 16.5. The van der Waals surface area contributed by atoms with Crippen molar-refractivity contribution in [2.24, 2.45) is 0 Å². The van der Waals surface area contributed by atoms with Crippen LogP contribution < -0.4 is 14.2 Å². The minimum absolute atomic E-state index is 0.400. The van der Waals surface area contributed by atoms with Crippen molar-refractivity contribution in [1.82, 2.24) is 10.2 Å². The van der Waals surface area contributed by atoms with Gasteiger partial charge in [0.25, 0.3) is 0 Å². The average molecular weight is 366 g/mol. The Kier molecular flexibility index (Phi) is 5.84. The fourth-order valence-electron chi connectivity index (χ4n) is 2.34. The first-order chi connectivity index (χ1) is 13.2. The lowest BCUT2D eigenvalue weighted by molar-refractivity contribution is -0.128. The summed E-state index contributed by atoms with van der Waals surface area (Å²) in [6.07, 6.45) is 4.25. The van der Waals surface area contributed by atoms with Crippen LogP contribution in [-0.2, 0) is 4.79 Å². The molecule has 1 heterocycles. The molecule has 0 fully saturated rings. The number of hydrogen-bond donors (Lipinski definition) is 0. The van der Waals surface area contributed by atoms with Gasteiger partial charge < -0.3 is 18.6 Å². The SMILES string of the molecule is CCOc1ccc(C=CC(=O)Oc2ccc(-c3nnco3)cc2)cc1OC. The number of rotatable bonds is 7. The summed E-state index contributed by atoms with van der Waals surface area (Å²) >= 11 is 0. The van der Waals surface area contributed by atoms with Crippen molar-refractivity contribution >= 4 is 12.0 Å². The number of benzene rings is 2. The fraction of sp³-hybridized carbons (Fsp3) is 0.150. The van der Waals surface area contributed by atoms with Crippen molar-refractivity contribution in [3.63, 3.8) is 0 Å². The molecule has 0 spiro atoms. The zero-order chi connectivity index (χ0) is 19.1. The van der Waals surface area contributed by atoms with Crippen LogP contribution in [0.3, 0.4) is 0 Å². The molecule has 0 unspecified atom stereocenters. The van der Waals surface area contributed by atoms with Gasteiger partial charge in [0.1, 0.15) is 5.75 Å². The van der Waals surface area contributed by atoms with Gasteiger partial charge in [-0.05, 0) is 55.0 Å². The molecule has 0 saturated carbocycles. The molecule has 0 aliphatic rings. The van der Waals surface area contributed by atoms with Gasteiger partial charge in [0.05, 0.1) is 13.7 Å². The Labute approximate surface area is 156 Å². The first-order valence-corrected chi connectivity index (χ1v) is 8.27. The normalized spacial score (nSPS) is 10.7. The summed E-state index contributed by atoms with van der Waals surface area (Å²) < 4.78 is 21.1. The van der Waals surface area contributed by atoms with E-state index in [1.54, 1.807) is 49.6 Å². The number of ether oxygens (including phenoxy) is 3. The second kappa shape index (κ2) is 8.66. The van der Waals surface area contributed by atoms with E-state index in [0.29, 0.717) is 29.7 Å². The molecule has 7 nitrogen and oxygen atoms in total. The van der Waals surface area contributed by atoms with Crippen molar-refractivity contribution in [3.05, 3.63) is 60.5 Å². The van der Waals surface area contributed by atoms with Crippen molar-refractivity contribution in [3.8, 4) is 28.7 Å². The first kappa shape index (κ1) is 18.2. The summed E-state index contributed by atoms with van der Waals surface area (Å²) in [5.74, 6) is 1.58. The molecule has 0 bridgehead atoms. The van der Waals surface area contributed by atoms with E-state index in [0.717, 1.165) is 11.1 Å². The highest BCUT2D eigenvalue weighted by molar-refractivity contribution is 5.88. The van der Waals surface area contributed by atoms with Gasteiger partial charge in [-0.1, -0.05) is 6.07 Å². The number of carbonyl (C=O) groups is 1. The topological polar surface area (TPSA) is 83.7 Å². The maximum atomic E-state index is 12.0. The van der Waals surface area contributed by atoms with E-state index >= 15 is 0 Å². The molecule has 138 valence electrons.